The van der Waals surface area contributed by atoms with E-state index in [2.05, 4.69) is 68.0 Å². The molecule has 2 heterocycles. The zero-order valence-electron chi connectivity index (χ0n) is 14.9. The number of nitrogen functional groups attached to an aromatic ring is 1. The van der Waals surface area contributed by atoms with Gasteiger partial charge in [-0.1, -0.05) is 36.4 Å². The minimum Gasteiger partial charge on any atom is -0.383 e. The van der Waals surface area contributed by atoms with Gasteiger partial charge >= 0.3 is 0 Å². The molecule has 126 valence electrons. The van der Waals surface area contributed by atoms with E-state index in [4.69, 9.17) is 10.8 Å². The van der Waals surface area contributed by atoms with Crippen molar-refractivity contribution in [1.29, 1.82) is 0 Å². The van der Waals surface area contributed by atoms with Crippen LogP contribution in [0.3, 0.4) is 0 Å². The van der Waals surface area contributed by atoms with Gasteiger partial charge in [-0.2, -0.15) is 5.10 Å². The third-order valence-corrected chi connectivity index (χ3v) is 4.53. The van der Waals surface area contributed by atoms with E-state index in [0.717, 1.165) is 27.7 Å². The van der Waals surface area contributed by atoms with E-state index in [1.807, 2.05) is 10.7 Å². The van der Waals surface area contributed by atoms with Gasteiger partial charge in [0.1, 0.15) is 17.8 Å². The number of nitrogens with zero attached hydrogens (tertiary/aromatic N) is 4. The van der Waals surface area contributed by atoms with Crippen molar-refractivity contribution in [3.05, 3.63) is 48.3 Å². The van der Waals surface area contributed by atoms with E-state index in [0.29, 0.717) is 5.82 Å². The predicted octanol–water partition coefficient (Wildman–Crippen LogP) is 4.29. The van der Waals surface area contributed by atoms with E-state index < -0.39 is 0 Å². The monoisotopic (exact) mass is 331 g/mol. The van der Waals surface area contributed by atoms with Crippen LogP contribution >= 0.6 is 0 Å². The third kappa shape index (κ3) is 2.35. The van der Waals surface area contributed by atoms with E-state index in [9.17, 15) is 0 Å². The molecule has 25 heavy (non-hydrogen) atoms. The molecule has 0 saturated carbocycles. The van der Waals surface area contributed by atoms with E-state index in [-0.39, 0.29) is 5.54 Å². The summed E-state index contributed by atoms with van der Waals surface area (Å²) in [4.78, 5) is 8.66. The summed E-state index contributed by atoms with van der Waals surface area (Å²) < 4.78 is 1.93. The van der Waals surface area contributed by atoms with Crippen molar-refractivity contribution in [2.24, 2.45) is 0 Å². The lowest BCUT2D eigenvalue weighted by Gasteiger charge is -2.19. The average molecular weight is 331 g/mol. The molecule has 0 bridgehead atoms. The van der Waals surface area contributed by atoms with Crippen LogP contribution < -0.4 is 5.73 Å². The molecule has 0 spiro atoms. The SMILES string of the molecule is Cc1ccc(-c2nn(C(C)(C)C)c3ncnc(N)c23)c2ccccc12. The van der Waals surface area contributed by atoms with Gasteiger partial charge in [0.05, 0.1) is 10.9 Å². The molecule has 5 nitrogen and oxygen atoms in total. The number of benzene rings is 2. The van der Waals surface area contributed by atoms with Gasteiger partial charge in [-0.3, -0.25) is 0 Å². The first-order valence-corrected chi connectivity index (χ1v) is 8.36. The highest BCUT2D eigenvalue weighted by atomic mass is 15.3. The minimum atomic E-state index is -0.211. The van der Waals surface area contributed by atoms with Crippen LogP contribution in [0.1, 0.15) is 26.3 Å². The van der Waals surface area contributed by atoms with Gasteiger partial charge in [0.25, 0.3) is 0 Å². The second-order valence-corrected chi connectivity index (χ2v) is 7.36. The van der Waals surface area contributed by atoms with Gasteiger partial charge in [0, 0.05) is 5.56 Å². The van der Waals surface area contributed by atoms with Crippen molar-refractivity contribution >= 4 is 27.6 Å². The van der Waals surface area contributed by atoms with Crippen molar-refractivity contribution in [1.82, 2.24) is 19.7 Å². The van der Waals surface area contributed by atoms with Crippen LogP contribution in [-0.2, 0) is 5.54 Å². The summed E-state index contributed by atoms with van der Waals surface area (Å²) in [6, 6.07) is 12.6. The van der Waals surface area contributed by atoms with Crippen LogP contribution in [0.2, 0.25) is 0 Å². The lowest BCUT2D eigenvalue weighted by atomic mass is 9.97. The van der Waals surface area contributed by atoms with Gasteiger partial charge in [0.15, 0.2) is 5.65 Å². The molecule has 0 fully saturated rings. The summed E-state index contributed by atoms with van der Waals surface area (Å²) in [7, 11) is 0. The molecule has 4 rings (SSSR count). The number of rotatable bonds is 1. The molecule has 0 aliphatic heterocycles. The minimum absolute atomic E-state index is 0.211. The maximum Gasteiger partial charge on any atom is 0.164 e. The quantitative estimate of drug-likeness (QED) is 0.565. The van der Waals surface area contributed by atoms with Gasteiger partial charge in [-0.05, 0) is 44.0 Å². The predicted molar refractivity (Wildman–Crippen MR) is 102 cm³/mol. The molecule has 5 heteroatoms. The first-order valence-electron chi connectivity index (χ1n) is 8.36. The molecule has 2 N–H and O–H groups in total. The Kier molecular flexibility index (Phi) is 3.29. The van der Waals surface area contributed by atoms with Gasteiger partial charge < -0.3 is 5.73 Å². The Hall–Kier alpha value is -2.95. The van der Waals surface area contributed by atoms with Gasteiger partial charge in [0.2, 0.25) is 0 Å². The molecule has 2 aromatic carbocycles. The van der Waals surface area contributed by atoms with Gasteiger partial charge in [-0.25, -0.2) is 14.6 Å². The van der Waals surface area contributed by atoms with Crippen LogP contribution in [0.5, 0.6) is 0 Å². The topological polar surface area (TPSA) is 69.6 Å². The fourth-order valence-electron chi connectivity index (χ4n) is 3.29. The standard InChI is InChI=1S/C20H21N5/c1-12-9-10-15(14-8-6-5-7-13(12)14)17-16-18(21)22-11-23-19(16)25(24-17)20(2,3)4/h5-11H,1-4H3,(H2,21,22,23). The highest BCUT2D eigenvalue weighted by Gasteiger charge is 2.24. The van der Waals surface area contributed by atoms with Crippen molar-refractivity contribution in [2.45, 2.75) is 33.2 Å². The lowest BCUT2D eigenvalue weighted by molar-refractivity contribution is 0.367. The Balaban J connectivity index is 2.15. The highest BCUT2D eigenvalue weighted by molar-refractivity contribution is 6.06. The molecule has 4 aromatic rings. The van der Waals surface area contributed by atoms with E-state index in [1.54, 1.807) is 0 Å². The van der Waals surface area contributed by atoms with Gasteiger partial charge in [-0.15, -0.1) is 0 Å². The van der Waals surface area contributed by atoms with Crippen molar-refractivity contribution in [2.75, 3.05) is 5.73 Å². The largest absolute Gasteiger partial charge is 0.383 e. The second kappa shape index (κ2) is 5.28. The molecule has 0 aliphatic rings. The molecular formula is C20H21N5. The van der Waals surface area contributed by atoms with Crippen LogP contribution in [0.15, 0.2) is 42.7 Å². The van der Waals surface area contributed by atoms with Crippen LogP contribution in [-0.4, -0.2) is 19.7 Å². The number of hydrogen-bond donors (Lipinski definition) is 1. The Morgan fingerprint density at radius 3 is 2.40 bits per heavy atom. The fraction of sp³-hybridized carbons (Fsp3) is 0.250. The normalized spacial score (nSPS) is 12.2. The summed E-state index contributed by atoms with van der Waals surface area (Å²) in [5, 5.41) is 8.09. The smallest absolute Gasteiger partial charge is 0.164 e. The zero-order chi connectivity index (χ0) is 17.8. The number of nitrogens with two attached hydrogens (primary N) is 1. The van der Waals surface area contributed by atoms with Crippen LogP contribution in [0.25, 0.3) is 33.1 Å². The Bertz CT molecular complexity index is 1100. The maximum atomic E-state index is 6.22. The number of hydrogen-bond acceptors (Lipinski definition) is 4. The van der Waals surface area contributed by atoms with Crippen LogP contribution in [0.4, 0.5) is 5.82 Å². The third-order valence-electron chi connectivity index (χ3n) is 4.53. The van der Waals surface area contributed by atoms with Crippen molar-refractivity contribution in [3.8, 4) is 11.3 Å². The Morgan fingerprint density at radius 2 is 1.68 bits per heavy atom. The summed E-state index contributed by atoms with van der Waals surface area (Å²) in [5.74, 6) is 0.458. The number of aryl methyl sites for hydroxylation is 1. The molecule has 0 amide bonds. The Morgan fingerprint density at radius 1 is 0.960 bits per heavy atom. The molecule has 2 aromatic heterocycles. The maximum absolute atomic E-state index is 6.22. The lowest BCUT2D eigenvalue weighted by Crippen LogP contribution is -2.23. The zero-order valence-corrected chi connectivity index (χ0v) is 14.9. The van der Waals surface area contributed by atoms with Crippen LogP contribution in [0, 0.1) is 6.92 Å². The second-order valence-electron chi connectivity index (χ2n) is 7.36. The summed E-state index contributed by atoms with van der Waals surface area (Å²) in [6.45, 7) is 8.44. The van der Waals surface area contributed by atoms with Crippen molar-refractivity contribution < 1.29 is 0 Å². The average Bonchev–Trinajstić information content (AvgIpc) is 2.97. The first kappa shape index (κ1) is 15.6. The molecule has 0 saturated heterocycles. The number of aromatic nitrogens is 4. The highest BCUT2D eigenvalue weighted by Crippen LogP contribution is 2.37. The number of anilines is 1. The van der Waals surface area contributed by atoms with E-state index >= 15 is 0 Å². The summed E-state index contributed by atoms with van der Waals surface area (Å²) in [5.41, 5.74) is 9.90. The molecule has 0 atom stereocenters. The fourth-order valence-corrected chi connectivity index (χ4v) is 3.29. The molecular weight excluding hydrogens is 310 g/mol. The summed E-state index contributed by atoms with van der Waals surface area (Å²) in [6.07, 6.45) is 1.50. The summed E-state index contributed by atoms with van der Waals surface area (Å²) >= 11 is 0. The molecule has 0 unspecified atom stereocenters. The molecule has 0 radical (unpaired) electrons. The van der Waals surface area contributed by atoms with E-state index in [1.165, 1.54) is 17.3 Å². The molecule has 0 aliphatic carbocycles. The first-order chi connectivity index (χ1) is 11.9. The Labute approximate surface area is 146 Å². The number of fused-ring (bicyclic) bond motifs is 2. The van der Waals surface area contributed by atoms with Crippen molar-refractivity contribution in [3.63, 3.8) is 0 Å².